The Labute approximate surface area is 114 Å². The molecule has 94 valence electrons. The molecule has 17 heavy (non-hydrogen) atoms. The molecule has 0 unspecified atom stereocenters. The number of amides is 1. The summed E-state index contributed by atoms with van der Waals surface area (Å²) in [6.07, 6.45) is 0.462. The number of aromatic hydroxyl groups is 1. The molecule has 3 N–H and O–H groups in total. The largest absolute Gasteiger partial charge is 0.507 e. The van der Waals surface area contributed by atoms with Crippen LogP contribution in [0.15, 0.2) is 18.2 Å². The first-order valence-corrected chi connectivity index (χ1v) is 6.35. The van der Waals surface area contributed by atoms with Crippen molar-refractivity contribution in [2.24, 2.45) is 0 Å². The Balaban J connectivity index is 2.86. The molecule has 5 heteroatoms. The van der Waals surface area contributed by atoms with E-state index < -0.39 is 5.54 Å². The Morgan fingerprint density at radius 3 is 2.71 bits per heavy atom. The average Bonchev–Trinajstić information content (AvgIpc) is 2.20. The number of hydrogen-bond donors (Lipinski definition) is 3. The zero-order chi connectivity index (χ0) is 13.1. The first kappa shape index (κ1) is 14.2. The van der Waals surface area contributed by atoms with Crippen LogP contribution in [0.5, 0.6) is 5.75 Å². The van der Waals surface area contributed by atoms with Crippen molar-refractivity contribution in [1.29, 1.82) is 0 Å². The highest BCUT2D eigenvalue weighted by atomic mass is 127. The molecule has 1 aromatic rings. The van der Waals surface area contributed by atoms with Gasteiger partial charge in [-0.15, -0.1) is 0 Å². The van der Waals surface area contributed by atoms with E-state index in [1.165, 1.54) is 6.07 Å². The van der Waals surface area contributed by atoms with Crippen LogP contribution in [0.2, 0.25) is 0 Å². The van der Waals surface area contributed by atoms with E-state index in [9.17, 15) is 9.90 Å². The Morgan fingerprint density at radius 1 is 1.47 bits per heavy atom. The van der Waals surface area contributed by atoms with Crippen LogP contribution in [0.1, 0.15) is 30.6 Å². The molecule has 0 fully saturated rings. The normalized spacial score (nSPS) is 11.3. The van der Waals surface area contributed by atoms with Crippen molar-refractivity contribution in [2.75, 3.05) is 6.61 Å². The van der Waals surface area contributed by atoms with E-state index >= 15 is 0 Å². The first-order chi connectivity index (χ1) is 7.85. The molecular weight excluding hydrogens is 333 g/mol. The Kier molecular flexibility index (Phi) is 4.76. The summed E-state index contributed by atoms with van der Waals surface area (Å²) in [6, 6.07) is 4.85. The lowest BCUT2D eigenvalue weighted by Gasteiger charge is -2.25. The summed E-state index contributed by atoms with van der Waals surface area (Å²) in [5.74, 6) is -0.373. The second-order valence-electron chi connectivity index (χ2n) is 4.47. The molecule has 0 aliphatic rings. The molecule has 0 saturated carbocycles. The third-order valence-corrected chi connectivity index (χ3v) is 3.06. The molecule has 0 aliphatic carbocycles. The van der Waals surface area contributed by atoms with Gasteiger partial charge in [-0.25, -0.2) is 0 Å². The number of aliphatic hydroxyl groups is 1. The van der Waals surface area contributed by atoms with Crippen molar-refractivity contribution in [3.8, 4) is 5.75 Å². The monoisotopic (exact) mass is 349 g/mol. The van der Waals surface area contributed by atoms with Gasteiger partial charge < -0.3 is 15.5 Å². The van der Waals surface area contributed by atoms with Crippen LogP contribution in [0.25, 0.3) is 0 Å². The van der Waals surface area contributed by atoms with Crippen LogP contribution >= 0.6 is 22.6 Å². The highest BCUT2D eigenvalue weighted by Crippen LogP contribution is 2.20. The Bertz CT molecular complexity index is 418. The summed E-state index contributed by atoms with van der Waals surface area (Å²) in [5.41, 5.74) is -0.248. The first-order valence-electron chi connectivity index (χ1n) is 5.27. The van der Waals surface area contributed by atoms with Gasteiger partial charge in [-0.05, 0) is 61.1 Å². The van der Waals surface area contributed by atoms with Gasteiger partial charge in [-0.2, -0.15) is 0 Å². The van der Waals surface area contributed by atoms with E-state index in [0.717, 1.165) is 3.57 Å². The molecule has 1 rings (SSSR count). The number of halogens is 1. The van der Waals surface area contributed by atoms with Crippen LogP contribution in [0, 0.1) is 3.57 Å². The number of carbonyl (C=O) groups is 1. The predicted octanol–water partition coefficient (Wildman–Crippen LogP) is 1.89. The van der Waals surface area contributed by atoms with Gasteiger partial charge in [0.15, 0.2) is 0 Å². The topological polar surface area (TPSA) is 69.6 Å². The second-order valence-corrected chi connectivity index (χ2v) is 5.72. The molecule has 4 nitrogen and oxygen atoms in total. The summed E-state index contributed by atoms with van der Waals surface area (Å²) in [4.78, 5) is 12.0. The van der Waals surface area contributed by atoms with Crippen molar-refractivity contribution < 1.29 is 15.0 Å². The van der Waals surface area contributed by atoms with Crippen LogP contribution in [-0.4, -0.2) is 28.3 Å². The van der Waals surface area contributed by atoms with E-state index in [1.54, 1.807) is 12.1 Å². The summed E-state index contributed by atoms with van der Waals surface area (Å²) in [6.45, 7) is 3.66. The standard InChI is InChI=1S/C12H16INO3/c1-12(2,5-6-15)14-11(17)9-7-8(13)3-4-10(9)16/h3-4,7,15-16H,5-6H2,1-2H3,(H,14,17). The zero-order valence-electron chi connectivity index (χ0n) is 9.83. The molecule has 0 radical (unpaired) electrons. The number of phenols is 1. The van der Waals surface area contributed by atoms with E-state index in [4.69, 9.17) is 5.11 Å². The molecular formula is C12H16INO3. The lowest BCUT2D eigenvalue weighted by atomic mass is 10.0. The SMILES string of the molecule is CC(C)(CCO)NC(=O)c1cc(I)ccc1O. The summed E-state index contributed by atoms with van der Waals surface area (Å²) < 4.78 is 0.880. The van der Waals surface area contributed by atoms with Gasteiger partial charge in [0, 0.05) is 15.7 Å². The number of carbonyl (C=O) groups excluding carboxylic acids is 1. The minimum absolute atomic E-state index is 0.00554. The van der Waals surface area contributed by atoms with Crippen molar-refractivity contribution in [1.82, 2.24) is 5.32 Å². The fourth-order valence-electron chi connectivity index (χ4n) is 1.41. The lowest BCUT2D eigenvalue weighted by molar-refractivity contribution is 0.0897. The predicted molar refractivity (Wildman–Crippen MR) is 74.1 cm³/mol. The van der Waals surface area contributed by atoms with Gasteiger partial charge >= 0.3 is 0 Å². The molecule has 1 aromatic carbocycles. The Hall–Kier alpha value is -0.820. The number of nitrogens with one attached hydrogen (secondary N) is 1. The fourth-order valence-corrected chi connectivity index (χ4v) is 1.90. The second kappa shape index (κ2) is 5.68. The maximum absolute atomic E-state index is 12.0. The molecule has 0 bridgehead atoms. The van der Waals surface area contributed by atoms with Crippen LogP contribution in [0.4, 0.5) is 0 Å². The van der Waals surface area contributed by atoms with Crippen molar-refractivity contribution in [3.05, 3.63) is 27.3 Å². The molecule has 0 aromatic heterocycles. The van der Waals surface area contributed by atoms with Crippen molar-refractivity contribution in [2.45, 2.75) is 25.8 Å². The van der Waals surface area contributed by atoms with E-state index in [-0.39, 0.29) is 23.8 Å². The fraction of sp³-hybridized carbons (Fsp3) is 0.417. The smallest absolute Gasteiger partial charge is 0.255 e. The third-order valence-electron chi connectivity index (χ3n) is 2.39. The maximum atomic E-state index is 12.0. The van der Waals surface area contributed by atoms with E-state index in [1.807, 2.05) is 13.8 Å². The molecule has 1 amide bonds. The highest BCUT2D eigenvalue weighted by Gasteiger charge is 2.22. The van der Waals surface area contributed by atoms with Gasteiger partial charge in [0.25, 0.3) is 5.91 Å². The molecule has 0 aliphatic heterocycles. The average molecular weight is 349 g/mol. The van der Waals surface area contributed by atoms with Gasteiger partial charge in [0.1, 0.15) is 5.75 Å². The van der Waals surface area contributed by atoms with Gasteiger partial charge in [-0.3, -0.25) is 4.79 Å². The van der Waals surface area contributed by atoms with Gasteiger partial charge in [-0.1, -0.05) is 0 Å². The maximum Gasteiger partial charge on any atom is 0.255 e. The highest BCUT2D eigenvalue weighted by molar-refractivity contribution is 14.1. The number of hydrogen-bond acceptors (Lipinski definition) is 3. The summed E-state index contributed by atoms with van der Waals surface area (Å²) in [7, 11) is 0. The van der Waals surface area contributed by atoms with Crippen LogP contribution in [-0.2, 0) is 0 Å². The van der Waals surface area contributed by atoms with E-state index in [2.05, 4.69) is 27.9 Å². The molecule has 0 saturated heterocycles. The molecule has 0 atom stereocenters. The molecule has 0 heterocycles. The van der Waals surface area contributed by atoms with Crippen LogP contribution < -0.4 is 5.32 Å². The number of aliphatic hydroxyl groups excluding tert-OH is 1. The quantitative estimate of drug-likeness (QED) is 0.727. The minimum atomic E-state index is -0.500. The number of phenolic OH excluding ortho intramolecular Hbond substituents is 1. The minimum Gasteiger partial charge on any atom is -0.507 e. The number of benzene rings is 1. The van der Waals surface area contributed by atoms with Crippen molar-refractivity contribution >= 4 is 28.5 Å². The zero-order valence-corrected chi connectivity index (χ0v) is 12.0. The van der Waals surface area contributed by atoms with Gasteiger partial charge in [0.05, 0.1) is 5.56 Å². The lowest BCUT2D eigenvalue weighted by Crippen LogP contribution is -2.44. The summed E-state index contributed by atoms with van der Waals surface area (Å²) in [5, 5.41) is 21.3. The van der Waals surface area contributed by atoms with E-state index in [0.29, 0.717) is 6.42 Å². The summed E-state index contributed by atoms with van der Waals surface area (Å²) >= 11 is 2.08. The van der Waals surface area contributed by atoms with Crippen LogP contribution in [0.3, 0.4) is 0 Å². The third kappa shape index (κ3) is 4.16. The Morgan fingerprint density at radius 2 is 2.12 bits per heavy atom. The number of rotatable bonds is 4. The van der Waals surface area contributed by atoms with Gasteiger partial charge in [0.2, 0.25) is 0 Å². The van der Waals surface area contributed by atoms with Crippen molar-refractivity contribution in [3.63, 3.8) is 0 Å². The molecule has 0 spiro atoms.